The number of carbonyl (C=O) groups excluding carboxylic acids is 1. The summed E-state index contributed by atoms with van der Waals surface area (Å²) in [5, 5.41) is 0.942. The van der Waals surface area contributed by atoms with Crippen molar-refractivity contribution in [2.45, 2.75) is 31.1 Å². The van der Waals surface area contributed by atoms with E-state index in [1.54, 1.807) is 22.7 Å². The van der Waals surface area contributed by atoms with Crippen molar-refractivity contribution in [2.75, 3.05) is 12.8 Å². The first-order chi connectivity index (χ1) is 9.26. The molecule has 102 valence electrons. The molecule has 3 nitrogen and oxygen atoms in total. The zero-order chi connectivity index (χ0) is 13.4. The summed E-state index contributed by atoms with van der Waals surface area (Å²) in [4.78, 5) is 20.8. The topological polar surface area (TPSA) is 32.7 Å². The number of thioether (sulfide) groups is 2. The van der Waals surface area contributed by atoms with E-state index in [4.69, 9.17) is 4.99 Å². The Balaban J connectivity index is 1.95. The molecule has 1 aliphatic carbocycles. The van der Waals surface area contributed by atoms with Gasteiger partial charge in [-0.25, -0.2) is 4.99 Å². The predicted octanol–water partition coefficient (Wildman–Crippen LogP) is 3.25. The van der Waals surface area contributed by atoms with Crippen molar-refractivity contribution in [3.8, 4) is 0 Å². The van der Waals surface area contributed by atoms with Gasteiger partial charge in [-0.3, -0.25) is 9.69 Å². The highest BCUT2D eigenvalue weighted by Gasteiger charge is 2.46. The maximum atomic E-state index is 12.8. The van der Waals surface area contributed by atoms with Crippen molar-refractivity contribution in [1.82, 2.24) is 4.90 Å². The van der Waals surface area contributed by atoms with Crippen LogP contribution in [0.3, 0.4) is 0 Å². The second-order valence-electron chi connectivity index (χ2n) is 4.99. The fourth-order valence-corrected chi connectivity index (χ4v) is 5.20. The number of amides is 1. The molecule has 5 heteroatoms. The second-order valence-corrected chi connectivity index (χ2v) is 6.98. The Morgan fingerprint density at radius 1 is 1.53 bits per heavy atom. The van der Waals surface area contributed by atoms with Gasteiger partial charge in [0.15, 0.2) is 5.17 Å². The van der Waals surface area contributed by atoms with E-state index in [1.807, 2.05) is 18.0 Å². The van der Waals surface area contributed by atoms with Crippen LogP contribution in [0.1, 0.15) is 25.7 Å². The fraction of sp³-hybridized carbons (Fsp3) is 0.571. The third kappa shape index (κ3) is 2.17. The normalized spacial score (nSPS) is 30.1. The molecule has 0 spiro atoms. The first kappa shape index (κ1) is 13.3. The summed E-state index contributed by atoms with van der Waals surface area (Å²) in [5.74, 6) is 0.222. The molecule has 19 heavy (non-hydrogen) atoms. The van der Waals surface area contributed by atoms with Crippen LogP contribution >= 0.6 is 23.5 Å². The largest absolute Gasteiger partial charge is 0.287 e. The summed E-state index contributed by atoms with van der Waals surface area (Å²) in [5.41, 5.74) is 1.38. The fourth-order valence-electron chi connectivity index (χ4n) is 3.02. The maximum absolute atomic E-state index is 12.8. The third-order valence-corrected chi connectivity index (χ3v) is 5.94. The molecule has 0 bridgehead atoms. The zero-order valence-electron chi connectivity index (χ0n) is 11.1. The van der Waals surface area contributed by atoms with Gasteiger partial charge in [0, 0.05) is 6.54 Å². The molecular weight excluding hydrogens is 276 g/mol. The first-order valence-corrected chi connectivity index (χ1v) is 8.79. The standard InChI is InChI=1S/C14H18N2OS2/c1-3-8-16-13(17)11-9-6-4-5-7-10(9)19-12(11)15-14(16)18-2/h3,11-12H,1,4-8H2,2H3. The summed E-state index contributed by atoms with van der Waals surface area (Å²) in [7, 11) is 0. The van der Waals surface area contributed by atoms with Crippen LogP contribution in [0.15, 0.2) is 28.1 Å². The van der Waals surface area contributed by atoms with Gasteiger partial charge in [-0.15, -0.1) is 18.3 Å². The van der Waals surface area contributed by atoms with E-state index >= 15 is 0 Å². The lowest BCUT2D eigenvalue weighted by Gasteiger charge is -2.33. The van der Waals surface area contributed by atoms with Crippen LogP contribution in [0.5, 0.6) is 0 Å². The van der Waals surface area contributed by atoms with Crippen LogP contribution in [0.25, 0.3) is 0 Å². The second kappa shape index (κ2) is 5.37. The van der Waals surface area contributed by atoms with Crippen LogP contribution in [-0.4, -0.2) is 34.1 Å². The number of amidine groups is 1. The summed E-state index contributed by atoms with van der Waals surface area (Å²) in [6.07, 6.45) is 8.47. The van der Waals surface area contributed by atoms with Crippen LogP contribution in [0, 0.1) is 5.92 Å². The average Bonchev–Trinajstić information content (AvgIpc) is 2.80. The average molecular weight is 294 g/mol. The van der Waals surface area contributed by atoms with Crippen LogP contribution < -0.4 is 0 Å². The number of aliphatic imine (C=N–C) groups is 1. The van der Waals surface area contributed by atoms with Gasteiger partial charge >= 0.3 is 0 Å². The number of hydrogen-bond donors (Lipinski definition) is 0. The van der Waals surface area contributed by atoms with Gasteiger partial charge in [-0.2, -0.15) is 0 Å². The Kier molecular flexibility index (Phi) is 3.76. The SMILES string of the molecule is C=CCN1C(=O)C2C3=C(CCCC3)SC2N=C1SC. The predicted molar refractivity (Wildman–Crippen MR) is 83.2 cm³/mol. The minimum absolute atomic E-state index is 0.00356. The molecule has 2 unspecified atom stereocenters. The summed E-state index contributed by atoms with van der Waals surface area (Å²) >= 11 is 3.38. The molecule has 1 amide bonds. The highest BCUT2D eigenvalue weighted by atomic mass is 32.2. The van der Waals surface area contributed by atoms with E-state index in [2.05, 4.69) is 6.58 Å². The lowest BCUT2D eigenvalue weighted by molar-refractivity contribution is -0.130. The monoisotopic (exact) mass is 294 g/mol. The van der Waals surface area contributed by atoms with Crippen LogP contribution in [0.2, 0.25) is 0 Å². The Morgan fingerprint density at radius 3 is 3.05 bits per heavy atom. The Morgan fingerprint density at radius 2 is 2.32 bits per heavy atom. The molecule has 0 saturated carbocycles. The maximum Gasteiger partial charge on any atom is 0.239 e. The van der Waals surface area contributed by atoms with Crippen molar-refractivity contribution >= 4 is 34.6 Å². The smallest absolute Gasteiger partial charge is 0.239 e. The lowest BCUT2D eigenvalue weighted by atomic mass is 9.88. The molecule has 0 N–H and O–H groups in total. The van der Waals surface area contributed by atoms with E-state index < -0.39 is 0 Å². The van der Waals surface area contributed by atoms with Gasteiger partial charge in [0.05, 0.1) is 5.92 Å². The Labute approximate surface area is 122 Å². The summed E-state index contributed by atoms with van der Waals surface area (Å²) in [6.45, 7) is 4.31. The van der Waals surface area contributed by atoms with E-state index in [9.17, 15) is 4.79 Å². The van der Waals surface area contributed by atoms with Crippen molar-refractivity contribution in [2.24, 2.45) is 10.9 Å². The molecule has 0 aromatic rings. The molecule has 2 aliphatic heterocycles. The molecule has 0 saturated heterocycles. The van der Waals surface area contributed by atoms with Crippen molar-refractivity contribution < 1.29 is 4.79 Å². The number of rotatable bonds is 2. The molecule has 3 rings (SSSR count). The zero-order valence-corrected chi connectivity index (χ0v) is 12.7. The molecule has 3 aliphatic rings. The van der Waals surface area contributed by atoms with E-state index in [1.165, 1.54) is 23.3 Å². The lowest BCUT2D eigenvalue weighted by Crippen LogP contribution is -2.46. The van der Waals surface area contributed by atoms with Gasteiger partial charge < -0.3 is 0 Å². The summed E-state index contributed by atoms with van der Waals surface area (Å²) < 4.78 is 0. The summed E-state index contributed by atoms with van der Waals surface area (Å²) in [6, 6.07) is 0. The van der Waals surface area contributed by atoms with Gasteiger partial charge in [0.1, 0.15) is 5.37 Å². The number of fused-ring (bicyclic) bond motifs is 2. The number of hydrogen-bond acceptors (Lipinski definition) is 4. The molecule has 0 aromatic heterocycles. The van der Waals surface area contributed by atoms with Crippen LogP contribution in [0.4, 0.5) is 0 Å². The number of allylic oxidation sites excluding steroid dienone is 1. The molecular formula is C14H18N2OS2. The minimum atomic E-state index is -0.00356. The van der Waals surface area contributed by atoms with Gasteiger partial charge in [0.2, 0.25) is 5.91 Å². The van der Waals surface area contributed by atoms with Crippen LogP contribution in [-0.2, 0) is 4.79 Å². The van der Waals surface area contributed by atoms with Crippen molar-refractivity contribution in [3.63, 3.8) is 0 Å². The van der Waals surface area contributed by atoms with Crippen molar-refractivity contribution in [3.05, 3.63) is 23.1 Å². The molecule has 0 radical (unpaired) electrons. The quantitative estimate of drug-likeness (QED) is 0.733. The Bertz CT molecular complexity index is 484. The molecule has 2 heterocycles. The Hall–Kier alpha value is -0.680. The van der Waals surface area contributed by atoms with Gasteiger partial charge in [-0.1, -0.05) is 17.8 Å². The van der Waals surface area contributed by atoms with E-state index in [-0.39, 0.29) is 17.2 Å². The molecule has 2 atom stereocenters. The van der Waals surface area contributed by atoms with E-state index in [0.717, 1.165) is 18.0 Å². The van der Waals surface area contributed by atoms with Gasteiger partial charge in [0.25, 0.3) is 0 Å². The minimum Gasteiger partial charge on any atom is -0.287 e. The third-order valence-electron chi connectivity index (χ3n) is 3.88. The number of carbonyl (C=O) groups is 1. The van der Waals surface area contributed by atoms with Gasteiger partial charge in [-0.05, 0) is 42.4 Å². The highest BCUT2D eigenvalue weighted by molar-refractivity contribution is 8.13. The first-order valence-electron chi connectivity index (χ1n) is 6.69. The number of nitrogens with zero attached hydrogens (tertiary/aromatic N) is 2. The highest BCUT2D eigenvalue weighted by Crippen LogP contribution is 2.51. The molecule has 0 fully saturated rings. The molecule has 0 aromatic carbocycles. The van der Waals surface area contributed by atoms with E-state index in [0.29, 0.717) is 6.54 Å². The van der Waals surface area contributed by atoms with Crippen molar-refractivity contribution in [1.29, 1.82) is 0 Å².